The van der Waals surface area contributed by atoms with Crippen LogP contribution in [0.25, 0.3) is 0 Å². The number of benzene rings is 1. The van der Waals surface area contributed by atoms with Crippen LogP contribution in [0.3, 0.4) is 0 Å². The quantitative estimate of drug-likeness (QED) is 0.420. The molecule has 4 aliphatic rings. The average Bonchev–Trinajstić information content (AvgIpc) is 3.07. The summed E-state index contributed by atoms with van der Waals surface area (Å²) in [6, 6.07) is 7.64. The third kappa shape index (κ3) is 1.35. The highest BCUT2D eigenvalue weighted by atomic mass is 127. The van der Waals surface area contributed by atoms with Crippen molar-refractivity contribution in [1.29, 1.82) is 0 Å². The number of carbonyl (C=O) groups is 2. The van der Waals surface area contributed by atoms with Gasteiger partial charge in [0.1, 0.15) is 0 Å². The van der Waals surface area contributed by atoms with Crippen molar-refractivity contribution in [3.63, 3.8) is 0 Å². The predicted octanol–water partition coefficient (Wildman–Crippen LogP) is 2.99. The molecule has 0 unspecified atom stereocenters. The van der Waals surface area contributed by atoms with Crippen molar-refractivity contribution in [2.45, 2.75) is 12.8 Å². The lowest BCUT2D eigenvalue weighted by Gasteiger charge is -2.21. The molecule has 21 heavy (non-hydrogen) atoms. The maximum atomic E-state index is 12.9. The van der Waals surface area contributed by atoms with E-state index in [1.165, 1.54) is 17.7 Å². The molecule has 4 heteroatoms. The molecule has 2 amide bonds. The number of halogens is 1. The van der Waals surface area contributed by atoms with Crippen LogP contribution in [0.1, 0.15) is 12.8 Å². The van der Waals surface area contributed by atoms with E-state index in [0.717, 1.165) is 9.26 Å². The molecule has 1 spiro atoms. The van der Waals surface area contributed by atoms with Crippen LogP contribution in [0, 0.1) is 32.7 Å². The Bertz CT molecular complexity index is 670. The normalized spacial score (nSPS) is 37.7. The Kier molecular flexibility index (Phi) is 2.22. The van der Waals surface area contributed by atoms with Gasteiger partial charge in [-0.1, -0.05) is 12.2 Å². The van der Waals surface area contributed by atoms with Gasteiger partial charge in [-0.15, -0.1) is 0 Å². The highest BCUT2D eigenvalue weighted by Crippen LogP contribution is 2.73. The molecule has 4 atom stereocenters. The lowest BCUT2D eigenvalue weighted by Crippen LogP contribution is -2.34. The third-order valence-corrected chi connectivity index (χ3v) is 6.66. The molecule has 106 valence electrons. The lowest BCUT2D eigenvalue weighted by molar-refractivity contribution is -0.123. The minimum absolute atomic E-state index is 0.0225. The molecule has 5 rings (SSSR count). The van der Waals surface area contributed by atoms with E-state index < -0.39 is 0 Å². The molecule has 0 radical (unpaired) electrons. The van der Waals surface area contributed by atoms with E-state index in [2.05, 4.69) is 34.7 Å². The zero-order valence-electron chi connectivity index (χ0n) is 11.3. The molecule has 1 saturated heterocycles. The molecule has 1 heterocycles. The first-order valence-corrected chi connectivity index (χ1v) is 8.53. The van der Waals surface area contributed by atoms with Crippen LogP contribution in [0.5, 0.6) is 0 Å². The monoisotopic (exact) mass is 391 g/mol. The fourth-order valence-electron chi connectivity index (χ4n) is 4.92. The average molecular weight is 391 g/mol. The van der Waals surface area contributed by atoms with Crippen molar-refractivity contribution >= 4 is 40.1 Å². The van der Waals surface area contributed by atoms with Crippen molar-refractivity contribution in [2.75, 3.05) is 4.90 Å². The number of nitrogens with zero attached hydrogens (tertiary/aromatic N) is 1. The second kappa shape index (κ2) is 3.77. The van der Waals surface area contributed by atoms with Crippen molar-refractivity contribution in [3.05, 3.63) is 40.0 Å². The topological polar surface area (TPSA) is 37.4 Å². The van der Waals surface area contributed by atoms with Gasteiger partial charge in [0.05, 0.1) is 17.5 Å². The van der Waals surface area contributed by atoms with Crippen LogP contribution in [-0.2, 0) is 9.59 Å². The van der Waals surface area contributed by atoms with E-state index in [-0.39, 0.29) is 29.1 Å². The fourth-order valence-corrected chi connectivity index (χ4v) is 5.28. The van der Waals surface area contributed by atoms with Gasteiger partial charge in [0.2, 0.25) is 11.8 Å². The number of rotatable bonds is 1. The molecule has 3 fully saturated rings. The van der Waals surface area contributed by atoms with Gasteiger partial charge in [-0.25, -0.2) is 0 Å². The third-order valence-electron chi connectivity index (χ3n) is 5.94. The Morgan fingerprint density at radius 3 is 1.95 bits per heavy atom. The molecule has 3 aliphatic carbocycles. The summed E-state index contributed by atoms with van der Waals surface area (Å²) in [4.78, 5) is 27.2. The van der Waals surface area contributed by atoms with E-state index in [0.29, 0.717) is 11.8 Å². The molecule has 1 aliphatic heterocycles. The number of allylic oxidation sites excluding steroid dienone is 2. The summed E-state index contributed by atoms with van der Waals surface area (Å²) in [7, 11) is 0. The molecule has 0 N–H and O–H groups in total. The summed E-state index contributed by atoms with van der Waals surface area (Å²) in [5, 5.41) is 0. The van der Waals surface area contributed by atoms with Gasteiger partial charge < -0.3 is 0 Å². The first-order valence-electron chi connectivity index (χ1n) is 7.45. The Labute approximate surface area is 136 Å². The molecular formula is C17H14INO2. The predicted molar refractivity (Wildman–Crippen MR) is 86.4 cm³/mol. The highest BCUT2D eigenvalue weighted by Gasteiger charge is 2.73. The van der Waals surface area contributed by atoms with Crippen molar-refractivity contribution < 1.29 is 9.59 Å². The number of carbonyl (C=O) groups excluding carboxylic acids is 2. The Morgan fingerprint density at radius 1 is 0.952 bits per heavy atom. The number of fused-ring (bicyclic) bond motifs is 3. The smallest absolute Gasteiger partial charge is 0.238 e. The van der Waals surface area contributed by atoms with Crippen LogP contribution >= 0.6 is 22.6 Å². The van der Waals surface area contributed by atoms with Gasteiger partial charge in [-0.2, -0.15) is 0 Å². The summed E-state index contributed by atoms with van der Waals surface area (Å²) in [6.45, 7) is 0. The van der Waals surface area contributed by atoms with Gasteiger partial charge in [0.25, 0.3) is 0 Å². The summed E-state index contributed by atoms with van der Waals surface area (Å²) >= 11 is 2.23. The first-order chi connectivity index (χ1) is 10.1. The molecular weight excluding hydrogens is 377 g/mol. The van der Waals surface area contributed by atoms with E-state index in [4.69, 9.17) is 0 Å². The first kappa shape index (κ1) is 12.4. The number of hydrogen-bond donors (Lipinski definition) is 0. The Hall–Kier alpha value is -1.17. The standard InChI is InChI=1S/C17H14INO2/c18-9-1-3-10(4-2-9)19-15(20)13-11-5-6-12(14(13)16(19)21)17(11)7-8-17/h1-6,11-14H,7-8H2/t11-,12+,13+,14-. The molecule has 3 nitrogen and oxygen atoms in total. The van der Waals surface area contributed by atoms with E-state index >= 15 is 0 Å². The summed E-state index contributed by atoms with van der Waals surface area (Å²) < 4.78 is 1.11. The molecule has 2 bridgehead atoms. The molecule has 1 aromatic rings. The van der Waals surface area contributed by atoms with Gasteiger partial charge in [-0.3, -0.25) is 14.5 Å². The Morgan fingerprint density at radius 2 is 1.48 bits per heavy atom. The maximum absolute atomic E-state index is 12.9. The summed E-state index contributed by atoms with van der Waals surface area (Å²) in [6.07, 6.45) is 6.79. The SMILES string of the molecule is O=C1[C@@H]2[C@H](C(=O)N1c1ccc(I)cc1)[C@@H]1C=C[C@H]2C12CC2. The van der Waals surface area contributed by atoms with Crippen LogP contribution in [-0.4, -0.2) is 11.8 Å². The van der Waals surface area contributed by atoms with Crippen molar-refractivity contribution in [3.8, 4) is 0 Å². The minimum atomic E-state index is -0.103. The van der Waals surface area contributed by atoms with Gasteiger partial charge in [0.15, 0.2) is 0 Å². The fraction of sp³-hybridized carbons (Fsp3) is 0.412. The van der Waals surface area contributed by atoms with E-state index in [1.807, 2.05) is 24.3 Å². The summed E-state index contributed by atoms with van der Waals surface area (Å²) in [5.74, 6) is 0.447. The lowest BCUT2D eigenvalue weighted by atomic mass is 9.85. The molecule has 0 aromatic heterocycles. The maximum Gasteiger partial charge on any atom is 0.238 e. The van der Waals surface area contributed by atoms with Gasteiger partial charge in [-0.05, 0) is 76.9 Å². The summed E-state index contributed by atoms with van der Waals surface area (Å²) in [5.41, 5.74) is 1.00. The zero-order valence-corrected chi connectivity index (χ0v) is 13.5. The second-order valence-corrected chi connectivity index (χ2v) is 7.96. The van der Waals surface area contributed by atoms with Crippen LogP contribution < -0.4 is 4.90 Å². The molecule has 2 saturated carbocycles. The largest absolute Gasteiger partial charge is 0.274 e. The molecule has 1 aromatic carbocycles. The van der Waals surface area contributed by atoms with Crippen LogP contribution in [0.15, 0.2) is 36.4 Å². The van der Waals surface area contributed by atoms with Crippen LogP contribution in [0.4, 0.5) is 5.69 Å². The zero-order chi connectivity index (χ0) is 14.4. The Balaban J connectivity index is 1.57. The van der Waals surface area contributed by atoms with Crippen molar-refractivity contribution in [2.24, 2.45) is 29.1 Å². The number of hydrogen-bond acceptors (Lipinski definition) is 2. The second-order valence-electron chi connectivity index (χ2n) is 6.71. The van der Waals surface area contributed by atoms with Crippen molar-refractivity contribution in [1.82, 2.24) is 0 Å². The van der Waals surface area contributed by atoms with Gasteiger partial charge in [0, 0.05) is 3.57 Å². The van der Waals surface area contributed by atoms with Gasteiger partial charge >= 0.3 is 0 Å². The number of imide groups is 1. The highest BCUT2D eigenvalue weighted by molar-refractivity contribution is 14.1. The van der Waals surface area contributed by atoms with E-state index in [1.54, 1.807) is 0 Å². The number of amides is 2. The minimum Gasteiger partial charge on any atom is -0.274 e. The van der Waals surface area contributed by atoms with Crippen LogP contribution in [0.2, 0.25) is 0 Å². The van der Waals surface area contributed by atoms with E-state index in [9.17, 15) is 9.59 Å². The number of anilines is 1.